The number of carbonyl (C=O) groups excluding carboxylic acids is 1. The van der Waals surface area contributed by atoms with Gasteiger partial charge >= 0.3 is 0 Å². The van der Waals surface area contributed by atoms with Crippen LogP contribution in [0.15, 0.2) is 24.3 Å². The van der Waals surface area contributed by atoms with Crippen LogP contribution in [0.5, 0.6) is 0 Å². The van der Waals surface area contributed by atoms with E-state index in [0.717, 1.165) is 11.3 Å². The molecule has 0 bridgehead atoms. The van der Waals surface area contributed by atoms with Crippen LogP contribution in [-0.4, -0.2) is 47.2 Å². The van der Waals surface area contributed by atoms with Crippen LogP contribution in [0.25, 0.3) is 0 Å². The lowest BCUT2D eigenvalue weighted by Crippen LogP contribution is -2.64. The Labute approximate surface area is 146 Å². The van der Waals surface area contributed by atoms with Crippen LogP contribution in [0.4, 0.5) is 5.69 Å². The van der Waals surface area contributed by atoms with Gasteiger partial charge in [-0.3, -0.25) is 4.79 Å². The number of para-hydroxylation sites is 1. The van der Waals surface area contributed by atoms with Crippen LogP contribution < -0.4 is 5.32 Å². The van der Waals surface area contributed by atoms with Crippen molar-refractivity contribution in [2.75, 3.05) is 18.4 Å². The van der Waals surface area contributed by atoms with Crippen LogP contribution in [0.2, 0.25) is 0 Å². The number of aliphatic hydroxyl groups is 1. The maximum absolute atomic E-state index is 13.7. The number of ether oxygens (including phenoxy) is 1. The summed E-state index contributed by atoms with van der Waals surface area (Å²) in [4.78, 5) is 13.0. The normalized spacial score (nSPS) is 48.0. The average molecular weight is 344 g/mol. The Morgan fingerprint density at radius 1 is 1.36 bits per heavy atom. The van der Waals surface area contributed by atoms with Gasteiger partial charge in [0.2, 0.25) is 5.91 Å². The van der Waals surface area contributed by atoms with Crippen molar-refractivity contribution < 1.29 is 19.3 Å². The molecule has 0 saturated carbocycles. The van der Waals surface area contributed by atoms with Gasteiger partial charge in [-0.05, 0) is 24.5 Å². The fourth-order valence-corrected chi connectivity index (χ4v) is 6.05. The monoisotopic (exact) mass is 344 g/mol. The van der Waals surface area contributed by atoms with Crippen LogP contribution >= 0.6 is 0 Å². The van der Waals surface area contributed by atoms with Gasteiger partial charge < -0.3 is 25.0 Å². The third-order valence-electron chi connectivity index (χ3n) is 7.21. The minimum absolute atomic E-state index is 0.0198. The predicted molar refractivity (Wildman–Crippen MR) is 91.3 cm³/mol. The lowest BCUT2D eigenvalue weighted by Gasteiger charge is -2.56. The summed E-state index contributed by atoms with van der Waals surface area (Å²) in [5, 5.41) is 26.7. The molecule has 1 spiro atoms. The molecule has 3 saturated heterocycles. The van der Waals surface area contributed by atoms with E-state index in [1.807, 2.05) is 31.2 Å². The second kappa shape index (κ2) is 5.04. The lowest BCUT2D eigenvalue weighted by atomic mass is 9.67. The summed E-state index contributed by atoms with van der Waals surface area (Å²) in [6.07, 6.45) is 0.970. The van der Waals surface area contributed by atoms with Gasteiger partial charge in [0.25, 0.3) is 0 Å². The smallest absolute Gasteiger partial charge is 0.241 e. The number of quaternary nitrogens is 1. The van der Waals surface area contributed by atoms with E-state index in [2.05, 4.69) is 5.32 Å². The summed E-state index contributed by atoms with van der Waals surface area (Å²) >= 11 is 0. The number of aliphatic hydroxyl groups excluding tert-OH is 1. The molecule has 5 rings (SSSR count). The molecule has 2 unspecified atom stereocenters. The third-order valence-corrected chi connectivity index (χ3v) is 7.21. The number of amides is 1. The molecule has 134 valence electrons. The molecule has 4 heterocycles. The number of anilines is 1. The Kier molecular flexibility index (Phi) is 3.18. The number of nitrogens with one attached hydrogen (secondary N) is 1. The predicted octanol–water partition coefficient (Wildman–Crippen LogP) is 1.73. The SMILES string of the molecule is C[C@@H]1OC(O)C[C@H]2C[C@H]3[C@@]4(CC[N+]3([O-])C[C@@H]21)C(=O)Nc1ccccc14. The number of hydrogen-bond acceptors (Lipinski definition) is 4. The second-order valence-corrected chi connectivity index (χ2v) is 8.29. The summed E-state index contributed by atoms with van der Waals surface area (Å²) < 4.78 is 5.27. The van der Waals surface area contributed by atoms with Gasteiger partial charge in [0, 0.05) is 30.9 Å². The Morgan fingerprint density at radius 3 is 3.00 bits per heavy atom. The zero-order valence-corrected chi connectivity index (χ0v) is 14.4. The van der Waals surface area contributed by atoms with Gasteiger partial charge in [0.1, 0.15) is 11.5 Å². The Bertz CT molecular complexity index is 740. The standard InChI is InChI=1S/C19H24N2O4/c1-11-13-10-21(24)7-6-19(16(21)8-12(13)9-17(22)25-11)14-4-2-3-5-15(14)20-18(19)23/h2-5,11-13,16-17,22H,6-10H2,1H3,(H,20,23)/t11-,12+,13+,16-,17?,19-,21?/m0/s1. The summed E-state index contributed by atoms with van der Waals surface area (Å²) in [5.74, 6) is 0.375. The molecule has 1 amide bonds. The first-order chi connectivity index (χ1) is 11.9. The molecule has 4 aliphatic rings. The summed E-state index contributed by atoms with van der Waals surface area (Å²) in [5.41, 5.74) is 1.12. The lowest BCUT2D eigenvalue weighted by molar-refractivity contribution is -0.905. The number of hydrogen-bond donors (Lipinski definition) is 2. The van der Waals surface area contributed by atoms with Crippen molar-refractivity contribution in [2.45, 2.75) is 50.0 Å². The van der Waals surface area contributed by atoms with E-state index in [0.29, 0.717) is 32.4 Å². The molecule has 6 heteroatoms. The van der Waals surface area contributed by atoms with Crippen LogP contribution in [0.3, 0.4) is 0 Å². The highest BCUT2D eigenvalue weighted by molar-refractivity contribution is 6.07. The Hall–Kier alpha value is -1.47. The molecular formula is C19H24N2O4. The number of nitrogens with zero attached hydrogens (tertiary/aromatic N) is 1. The second-order valence-electron chi connectivity index (χ2n) is 8.29. The number of benzene rings is 1. The molecule has 1 aromatic rings. The van der Waals surface area contributed by atoms with Crippen LogP contribution in [0, 0.1) is 17.0 Å². The molecule has 6 nitrogen and oxygen atoms in total. The summed E-state index contributed by atoms with van der Waals surface area (Å²) in [6.45, 7) is 2.92. The van der Waals surface area contributed by atoms with Gasteiger partial charge in [0.05, 0.1) is 19.2 Å². The molecule has 0 radical (unpaired) electrons. The first-order valence-electron chi connectivity index (χ1n) is 9.26. The largest absolute Gasteiger partial charge is 0.633 e. The minimum Gasteiger partial charge on any atom is -0.633 e. The van der Waals surface area contributed by atoms with Gasteiger partial charge in [-0.2, -0.15) is 0 Å². The van der Waals surface area contributed by atoms with Crippen molar-refractivity contribution >= 4 is 11.6 Å². The van der Waals surface area contributed by atoms with E-state index in [1.54, 1.807) is 0 Å². The van der Waals surface area contributed by atoms with Crippen molar-refractivity contribution in [3.63, 3.8) is 0 Å². The van der Waals surface area contributed by atoms with E-state index in [4.69, 9.17) is 4.74 Å². The third kappa shape index (κ3) is 1.96. The quantitative estimate of drug-likeness (QED) is 0.555. The van der Waals surface area contributed by atoms with E-state index in [1.165, 1.54) is 0 Å². The highest BCUT2D eigenvalue weighted by Crippen LogP contribution is 2.56. The van der Waals surface area contributed by atoms with Gasteiger partial charge in [-0.1, -0.05) is 18.2 Å². The Morgan fingerprint density at radius 2 is 2.16 bits per heavy atom. The molecule has 1 aromatic carbocycles. The first-order valence-corrected chi connectivity index (χ1v) is 9.26. The number of piperidine rings is 1. The van der Waals surface area contributed by atoms with E-state index in [9.17, 15) is 15.1 Å². The maximum Gasteiger partial charge on any atom is 0.241 e. The molecule has 4 aliphatic heterocycles. The fraction of sp³-hybridized carbons (Fsp3) is 0.632. The fourth-order valence-electron chi connectivity index (χ4n) is 6.05. The van der Waals surface area contributed by atoms with Crippen LogP contribution in [0.1, 0.15) is 31.7 Å². The zero-order chi connectivity index (χ0) is 17.4. The Balaban J connectivity index is 1.57. The number of carbonyl (C=O) groups is 1. The molecule has 2 N–H and O–H groups in total. The van der Waals surface area contributed by atoms with Crippen molar-refractivity contribution in [3.8, 4) is 0 Å². The highest BCUT2D eigenvalue weighted by Gasteiger charge is 2.66. The molecule has 3 fully saturated rings. The van der Waals surface area contributed by atoms with E-state index in [-0.39, 0.29) is 34.5 Å². The van der Waals surface area contributed by atoms with Crippen molar-refractivity contribution in [1.29, 1.82) is 0 Å². The van der Waals surface area contributed by atoms with E-state index < -0.39 is 11.7 Å². The van der Waals surface area contributed by atoms with Gasteiger partial charge in [-0.25, -0.2) is 0 Å². The molecule has 0 aromatic heterocycles. The molecule has 25 heavy (non-hydrogen) atoms. The van der Waals surface area contributed by atoms with Gasteiger partial charge in [-0.15, -0.1) is 0 Å². The summed E-state index contributed by atoms with van der Waals surface area (Å²) in [6, 6.07) is 7.52. The van der Waals surface area contributed by atoms with Crippen LogP contribution in [-0.2, 0) is 14.9 Å². The highest BCUT2D eigenvalue weighted by atomic mass is 16.6. The first kappa shape index (κ1) is 15.8. The van der Waals surface area contributed by atoms with Gasteiger partial charge in [0.15, 0.2) is 6.29 Å². The topological polar surface area (TPSA) is 81.6 Å². The molecule has 0 aliphatic carbocycles. The zero-order valence-electron chi connectivity index (χ0n) is 14.4. The summed E-state index contributed by atoms with van der Waals surface area (Å²) in [7, 11) is 0. The minimum atomic E-state index is -0.759. The van der Waals surface area contributed by atoms with Crippen molar-refractivity contribution in [1.82, 2.24) is 0 Å². The maximum atomic E-state index is 13.7. The molecule has 7 atom stereocenters. The number of hydroxylamine groups is 3. The number of fused-ring (bicyclic) bond motifs is 5. The van der Waals surface area contributed by atoms with Crippen molar-refractivity contribution in [2.24, 2.45) is 11.8 Å². The molecular weight excluding hydrogens is 320 g/mol. The van der Waals surface area contributed by atoms with Crippen molar-refractivity contribution in [3.05, 3.63) is 35.0 Å². The average Bonchev–Trinajstić information content (AvgIpc) is 3.03. The van der Waals surface area contributed by atoms with E-state index >= 15 is 0 Å². The number of rotatable bonds is 0.